The van der Waals surface area contributed by atoms with Crippen LogP contribution in [0.3, 0.4) is 0 Å². The number of nitrogens with two attached hydrogens (primary N) is 1. The Morgan fingerprint density at radius 3 is 2.53 bits per heavy atom. The first-order valence-electron chi connectivity index (χ1n) is 6.14. The highest BCUT2D eigenvalue weighted by atomic mass is 16.1. The Morgan fingerprint density at radius 2 is 1.84 bits per heavy atom. The summed E-state index contributed by atoms with van der Waals surface area (Å²) >= 11 is 0. The molecule has 0 spiro atoms. The quantitative estimate of drug-likeness (QED) is 0.720. The van der Waals surface area contributed by atoms with Gasteiger partial charge < -0.3 is 10.7 Å². The van der Waals surface area contributed by atoms with E-state index in [-0.39, 0.29) is 0 Å². The molecule has 1 amide bonds. The molecule has 0 aliphatic heterocycles. The molecule has 3 heteroatoms. The standard InChI is InChI=1S/C16H14N2O/c1-10-5-7-11(8-6-10)15-9-13-12(16(17)19)3-2-4-14(13)18-15/h2-9,18H,1H3,(H2,17,19). The molecule has 2 aromatic carbocycles. The van der Waals surface area contributed by atoms with Gasteiger partial charge >= 0.3 is 0 Å². The fourth-order valence-electron chi connectivity index (χ4n) is 2.26. The summed E-state index contributed by atoms with van der Waals surface area (Å²) in [7, 11) is 0. The van der Waals surface area contributed by atoms with E-state index in [0.29, 0.717) is 5.56 Å². The summed E-state index contributed by atoms with van der Waals surface area (Å²) in [5, 5.41) is 0.866. The second-order valence-corrected chi connectivity index (χ2v) is 4.68. The molecule has 3 aromatic rings. The van der Waals surface area contributed by atoms with Gasteiger partial charge in [-0.25, -0.2) is 0 Å². The van der Waals surface area contributed by atoms with Crippen LogP contribution in [0.2, 0.25) is 0 Å². The lowest BCUT2D eigenvalue weighted by Gasteiger charge is -1.97. The second-order valence-electron chi connectivity index (χ2n) is 4.68. The predicted octanol–water partition coefficient (Wildman–Crippen LogP) is 3.24. The molecule has 19 heavy (non-hydrogen) atoms. The zero-order chi connectivity index (χ0) is 13.4. The number of primary amides is 1. The molecule has 3 N–H and O–H groups in total. The number of aryl methyl sites for hydroxylation is 1. The van der Waals surface area contributed by atoms with Gasteiger partial charge in [-0.3, -0.25) is 4.79 Å². The number of hydrogen-bond acceptors (Lipinski definition) is 1. The van der Waals surface area contributed by atoms with Gasteiger partial charge in [0.1, 0.15) is 0 Å². The normalized spacial score (nSPS) is 10.8. The lowest BCUT2D eigenvalue weighted by molar-refractivity contribution is 0.100. The average Bonchev–Trinajstić information content (AvgIpc) is 2.82. The summed E-state index contributed by atoms with van der Waals surface area (Å²) in [6, 6.07) is 15.7. The van der Waals surface area contributed by atoms with Crippen molar-refractivity contribution in [1.82, 2.24) is 4.98 Å². The van der Waals surface area contributed by atoms with Crippen LogP contribution in [-0.4, -0.2) is 10.9 Å². The van der Waals surface area contributed by atoms with E-state index < -0.39 is 5.91 Å². The lowest BCUT2D eigenvalue weighted by atomic mass is 10.1. The first-order valence-corrected chi connectivity index (χ1v) is 6.14. The SMILES string of the molecule is Cc1ccc(-c2cc3c(C(N)=O)cccc3[nH]2)cc1. The van der Waals surface area contributed by atoms with Crippen molar-refractivity contribution >= 4 is 16.8 Å². The Labute approximate surface area is 111 Å². The molecule has 3 rings (SSSR count). The first kappa shape index (κ1) is 11.5. The minimum absolute atomic E-state index is 0.403. The molecule has 0 aliphatic carbocycles. The van der Waals surface area contributed by atoms with Crippen molar-refractivity contribution in [3.05, 3.63) is 59.7 Å². The molecule has 0 unspecified atom stereocenters. The minimum atomic E-state index is -0.403. The Kier molecular flexibility index (Phi) is 2.60. The second kappa shape index (κ2) is 4.28. The van der Waals surface area contributed by atoms with Crippen LogP contribution in [0.1, 0.15) is 15.9 Å². The van der Waals surface area contributed by atoms with Gasteiger partial charge in [-0.05, 0) is 30.7 Å². The molecule has 1 heterocycles. The Hall–Kier alpha value is -2.55. The monoisotopic (exact) mass is 250 g/mol. The van der Waals surface area contributed by atoms with Crippen LogP contribution in [0.4, 0.5) is 0 Å². The number of rotatable bonds is 2. The van der Waals surface area contributed by atoms with Crippen molar-refractivity contribution in [2.24, 2.45) is 5.73 Å². The van der Waals surface area contributed by atoms with Crippen LogP contribution in [0.5, 0.6) is 0 Å². The fraction of sp³-hybridized carbons (Fsp3) is 0.0625. The van der Waals surface area contributed by atoms with E-state index in [1.807, 2.05) is 18.2 Å². The van der Waals surface area contributed by atoms with E-state index in [9.17, 15) is 4.79 Å². The third-order valence-corrected chi connectivity index (χ3v) is 3.29. The molecule has 0 radical (unpaired) electrons. The number of hydrogen-bond donors (Lipinski definition) is 2. The maximum atomic E-state index is 11.4. The Bertz CT molecular complexity index is 754. The minimum Gasteiger partial charge on any atom is -0.366 e. The van der Waals surface area contributed by atoms with E-state index in [2.05, 4.69) is 36.2 Å². The Balaban J connectivity index is 2.19. The number of aromatic amines is 1. The number of carbonyl (C=O) groups is 1. The lowest BCUT2D eigenvalue weighted by Crippen LogP contribution is -2.10. The molecule has 0 saturated carbocycles. The van der Waals surface area contributed by atoms with Crippen molar-refractivity contribution in [1.29, 1.82) is 0 Å². The van der Waals surface area contributed by atoms with Crippen LogP contribution in [0.15, 0.2) is 48.5 Å². The number of benzene rings is 2. The largest absolute Gasteiger partial charge is 0.366 e. The smallest absolute Gasteiger partial charge is 0.249 e. The van der Waals surface area contributed by atoms with Crippen LogP contribution in [0, 0.1) is 6.92 Å². The maximum absolute atomic E-state index is 11.4. The molecule has 3 nitrogen and oxygen atoms in total. The summed E-state index contributed by atoms with van der Waals surface area (Å²) in [6.45, 7) is 2.06. The molecule has 0 bridgehead atoms. The molecular formula is C16H14N2O. The van der Waals surface area contributed by atoms with Crippen molar-refractivity contribution in [2.75, 3.05) is 0 Å². The van der Waals surface area contributed by atoms with Crippen LogP contribution in [0.25, 0.3) is 22.2 Å². The van der Waals surface area contributed by atoms with Crippen molar-refractivity contribution in [2.45, 2.75) is 6.92 Å². The van der Waals surface area contributed by atoms with Gasteiger partial charge in [0.15, 0.2) is 0 Å². The average molecular weight is 250 g/mol. The van der Waals surface area contributed by atoms with Gasteiger partial charge in [0.25, 0.3) is 0 Å². The molecular weight excluding hydrogens is 236 g/mol. The third-order valence-electron chi connectivity index (χ3n) is 3.29. The van der Waals surface area contributed by atoms with Gasteiger partial charge in [-0.2, -0.15) is 0 Å². The summed E-state index contributed by atoms with van der Waals surface area (Å²) in [4.78, 5) is 14.7. The topological polar surface area (TPSA) is 58.9 Å². The van der Waals surface area contributed by atoms with Crippen LogP contribution < -0.4 is 5.73 Å². The predicted molar refractivity (Wildman–Crippen MR) is 77.0 cm³/mol. The van der Waals surface area contributed by atoms with Crippen molar-refractivity contribution in [3.8, 4) is 11.3 Å². The zero-order valence-corrected chi connectivity index (χ0v) is 10.6. The summed E-state index contributed by atoms with van der Waals surface area (Å²) in [5.74, 6) is -0.403. The molecule has 0 aliphatic rings. The van der Waals surface area contributed by atoms with E-state index in [1.165, 1.54) is 5.56 Å². The number of aromatic nitrogens is 1. The fourth-order valence-corrected chi connectivity index (χ4v) is 2.26. The van der Waals surface area contributed by atoms with Gasteiger partial charge in [0.05, 0.1) is 0 Å². The van der Waals surface area contributed by atoms with Gasteiger partial charge in [-0.15, -0.1) is 0 Å². The summed E-state index contributed by atoms with van der Waals surface area (Å²) in [5.41, 5.74) is 10.2. The number of H-pyrrole nitrogens is 1. The number of nitrogens with one attached hydrogen (secondary N) is 1. The summed E-state index contributed by atoms with van der Waals surface area (Å²) in [6.07, 6.45) is 0. The highest BCUT2D eigenvalue weighted by molar-refractivity contribution is 6.06. The highest BCUT2D eigenvalue weighted by Crippen LogP contribution is 2.26. The highest BCUT2D eigenvalue weighted by Gasteiger charge is 2.09. The van der Waals surface area contributed by atoms with E-state index in [0.717, 1.165) is 22.2 Å². The molecule has 94 valence electrons. The van der Waals surface area contributed by atoms with E-state index >= 15 is 0 Å². The molecule has 0 saturated heterocycles. The Morgan fingerprint density at radius 1 is 1.11 bits per heavy atom. The van der Waals surface area contributed by atoms with Gasteiger partial charge in [0.2, 0.25) is 5.91 Å². The third kappa shape index (κ3) is 1.99. The number of fused-ring (bicyclic) bond motifs is 1. The van der Waals surface area contributed by atoms with Crippen molar-refractivity contribution in [3.63, 3.8) is 0 Å². The molecule has 1 aromatic heterocycles. The zero-order valence-electron chi connectivity index (χ0n) is 10.6. The molecule has 0 atom stereocenters. The van der Waals surface area contributed by atoms with Gasteiger partial charge in [-0.1, -0.05) is 35.9 Å². The number of carbonyl (C=O) groups excluding carboxylic acids is 1. The van der Waals surface area contributed by atoms with Gasteiger partial charge in [0, 0.05) is 22.2 Å². The van der Waals surface area contributed by atoms with E-state index in [1.54, 1.807) is 6.07 Å². The van der Waals surface area contributed by atoms with E-state index in [4.69, 9.17) is 5.73 Å². The molecule has 0 fully saturated rings. The first-order chi connectivity index (χ1) is 9.15. The number of amides is 1. The maximum Gasteiger partial charge on any atom is 0.249 e. The van der Waals surface area contributed by atoms with Crippen molar-refractivity contribution < 1.29 is 4.79 Å². The van der Waals surface area contributed by atoms with Crippen LogP contribution >= 0.6 is 0 Å². The summed E-state index contributed by atoms with van der Waals surface area (Å²) < 4.78 is 0. The van der Waals surface area contributed by atoms with Crippen LogP contribution in [-0.2, 0) is 0 Å².